The number of aromatic nitrogens is 1. The second kappa shape index (κ2) is 6.44. The largest absolute Gasteiger partial charge is 0.454 e. The van der Waals surface area contributed by atoms with Crippen molar-refractivity contribution < 1.29 is 35.5 Å². The van der Waals surface area contributed by atoms with E-state index in [9.17, 15) is 21.6 Å². The summed E-state index contributed by atoms with van der Waals surface area (Å²) in [6, 6.07) is 6.25. The van der Waals surface area contributed by atoms with Gasteiger partial charge in [-0.1, -0.05) is 6.07 Å². The average molecular weight is 412 g/mol. The molecule has 3 aromatic rings. The van der Waals surface area contributed by atoms with E-state index in [0.29, 0.717) is 11.8 Å². The number of sulfonamides is 1. The van der Waals surface area contributed by atoms with Crippen LogP contribution in [0.25, 0.3) is 11.5 Å². The van der Waals surface area contributed by atoms with E-state index < -0.39 is 26.7 Å². The molecule has 1 N–H and O–H groups in total. The van der Waals surface area contributed by atoms with E-state index in [2.05, 4.69) is 9.71 Å². The van der Waals surface area contributed by atoms with Gasteiger partial charge in [0.1, 0.15) is 6.26 Å². The number of fused-ring (bicyclic) bond motifs is 1. The van der Waals surface area contributed by atoms with Gasteiger partial charge in [-0.15, -0.1) is 0 Å². The molecular formula is C17H11F3N2O5S. The molecule has 0 bridgehead atoms. The van der Waals surface area contributed by atoms with Crippen molar-refractivity contribution in [2.75, 3.05) is 11.5 Å². The number of benzene rings is 2. The average Bonchev–Trinajstić information content (AvgIpc) is 3.31. The molecule has 0 fully saturated rings. The Balaban J connectivity index is 1.77. The van der Waals surface area contributed by atoms with Crippen LogP contribution in [0.1, 0.15) is 5.56 Å². The minimum absolute atomic E-state index is 0.0177. The minimum Gasteiger partial charge on any atom is -0.454 e. The zero-order chi connectivity index (χ0) is 19.9. The van der Waals surface area contributed by atoms with Crippen molar-refractivity contribution in [3.8, 4) is 23.0 Å². The molecule has 7 nitrogen and oxygen atoms in total. The number of nitrogens with one attached hydrogen (secondary N) is 1. The standard InChI is InChI=1S/C17H11F3N2O5S/c18-17(19,20)10-2-1-3-11(6-10)28(23,24)22-13-8-15-14(26-9-27-15)7-12(13)16-21-4-5-25-16/h1-8,22H,9H2. The molecule has 146 valence electrons. The summed E-state index contributed by atoms with van der Waals surface area (Å²) in [5.74, 6) is 0.729. The van der Waals surface area contributed by atoms with E-state index in [4.69, 9.17) is 13.9 Å². The van der Waals surface area contributed by atoms with Crippen molar-refractivity contribution in [3.63, 3.8) is 0 Å². The summed E-state index contributed by atoms with van der Waals surface area (Å²) in [6.45, 7) is -0.0514. The minimum atomic E-state index is -4.67. The summed E-state index contributed by atoms with van der Waals surface area (Å²) in [7, 11) is -4.34. The van der Waals surface area contributed by atoms with Crippen molar-refractivity contribution >= 4 is 15.7 Å². The van der Waals surface area contributed by atoms with E-state index in [1.807, 2.05) is 0 Å². The van der Waals surface area contributed by atoms with Gasteiger partial charge >= 0.3 is 6.18 Å². The summed E-state index contributed by atoms with van der Waals surface area (Å²) in [5.41, 5.74) is -0.817. The summed E-state index contributed by atoms with van der Waals surface area (Å²) < 4.78 is 82.1. The molecule has 1 aliphatic rings. The van der Waals surface area contributed by atoms with Gasteiger partial charge in [0, 0.05) is 6.07 Å². The number of rotatable bonds is 4. The predicted molar refractivity (Wildman–Crippen MR) is 90.3 cm³/mol. The summed E-state index contributed by atoms with van der Waals surface area (Å²) in [4.78, 5) is 3.43. The third-order valence-corrected chi connectivity index (χ3v) is 5.25. The van der Waals surface area contributed by atoms with Gasteiger partial charge in [-0.25, -0.2) is 13.4 Å². The lowest BCUT2D eigenvalue weighted by molar-refractivity contribution is -0.137. The van der Waals surface area contributed by atoms with Crippen LogP contribution in [0.5, 0.6) is 11.5 Å². The number of hydrogen-bond acceptors (Lipinski definition) is 6. The Morgan fingerprint density at radius 2 is 1.82 bits per heavy atom. The van der Waals surface area contributed by atoms with Crippen LogP contribution in [0.2, 0.25) is 0 Å². The maximum absolute atomic E-state index is 12.9. The third-order valence-electron chi connectivity index (χ3n) is 3.89. The lowest BCUT2D eigenvalue weighted by Crippen LogP contribution is -2.15. The Morgan fingerprint density at radius 1 is 1.07 bits per heavy atom. The lowest BCUT2D eigenvalue weighted by Gasteiger charge is -2.13. The Hall–Kier alpha value is -3.21. The Kier molecular flexibility index (Phi) is 4.18. The van der Waals surface area contributed by atoms with Crippen molar-refractivity contribution in [1.29, 1.82) is 0 Å². The summed E-state index contributed by atoms with van der Waals surface area (Å²) >= 11 is 0. The zero-order valence-corrected chi connectivity index (χ0v) is 14.7. The highest BCUT2D eigenvalue weighted by molar-refractivity contribution is 7.92. The molecule has 11 heteroatoms. The molecule has 2 heterocycles. The molecule has 0 aliphatic carbocycles. The number of hydrogen-bond donors (Lipinski definition) is 1. The molecular weight excluding hydrogens is 401 g/mol. The molecule has 28 heavy (non-hydrogen) atoms. The highest BCUT2D eigenvalue weighted by Crippen LogP contribution is 2.41. The Bertz CT molecular complexity index is 1130. The number of anilines is 1. The lowest BCUT2D eigenvalue weighted by atomic mass is 10.1. The van der Waals surface area contributed by atoms with Crippen LogP contribution < -0.4 is 14.2 Å². The molecule has 0 saturated carbocycles. The first-order valence-corrected chi connectivity index (χ1v) is 9.26. The van der Waals surface area contributed by atoms with E-state index in [1.54, 1.807) is 0 Å². The van der Waals surface area contributed by atoms with Gasteiger partial charge in [0.2, 0.25) is 12.7 Å². The molecule has 0 unspecified atom stereocenters. The van der Waals surface area contributed by atoms with Crippen molar-refractivity contribution in [2.45, 2.75) is 11.1 Å². The first-order valence-electron chi connectivity index (χ1n) is 7.78. The van der Waals surface area contributed by atoms with E-state index in [-0.39, 0.29) is 29.7 Å². The first-order chi connectivity index (χ1) is 13.2. The Morgan fingerprint density at radius 3 is 2.50 bits per heavy atom. The summed E-state index contributed by atoms with van der Waals surface area (Å²) in [5, 5.41) is 0. The molecule has 0 spiro atoms. The Labute approximate surface area is 156 Å². The highest BCUT2D eigenvalue weighted by atomic mass is 32.2. The van der Waals surface area contributed by atoms with E-state index in [0.717, 1.165) is 18.2 Å². The number of halogens is 3. The number of alkyl halides is 3. The second-order valence-corrected chi connectivity index (χ2v) is 7.40. The van der Waals surface area contributed by atoms with Crippen LogP contribution in [0, 0.1) is 0 Å². The maximum atomic E-state index is 12.9. The molecule has 0 atom stereocenters. The van der Waals surface area contributed by atoms with Crippen LogP contribution >= 0.6 is 0 Å². The predicted octanol–water partition coefficient (Wildman–Crippen LogP) is 3.89. The smallest absolute Gasteiger partial charge is 0.416 e. The molecule has 2 aromatic carbocycles. The van der Waals surface area contributed by atoms with Crippen LogP contribution in [0.4, 0.5) is 18.9 Å². The topological polar surface area (TPSA) is 90.7 Å². The number of nitrogens with zero attached hydrogens (tertiary/aromatic N) is 1. The van der Waals surface area contributed by atoms with Crippen LogP contribution in [-0.2, 0) is 16.2 Å². The van der Waals surface area contributed by atoms with Gasteiger partial charge in [0.15, 0.2) is 11.5 Å². The van der Waals surface area contributed by atoms with Crippen molar-refractivity contribution in [1.82, 2.24) is 4.98 Å². The van der Waals surface area contributed by atoms with Crippen LogP contribution in [-0.4, -0.2) is 20.2 Å². The molecule has 0 saturated heterocycles. The van der Waals surface area contributed by atoms with Gasteiger partial charge in [0.25, 0.3) is 10.0 Å². The third kappa shape index (κ3) is 3.36. The van der Waals surface area contributed by atoms with E-state index in [1.165, 1.54) is 24.6 Å². The molecule has 4 rings (SSSR count). The monoisotopic (exact) mass is 412 g/mol. The normalized spacial score (nSPS) is 13.5. The number of oxazole rings is 1. The van der Waals surface area contributed by atoms with Gasteiger partial charge in [0.05, 0.1) is 27.9 Å². The first kappa shape index (κ1) is 18.2. The van der Waals surface area contributed by atoms with Crippen molar-refractivity contribution in [2.24, 2.45) is 0 Å². The zero-order valence-electron chi connectivity index (χ0n) is 13.9. The molecule has 0 radical (unpaired) electrons. The fraction of sp³-hybridized carbons (Fsp3) is 0.118. The van der Waals surface area contributed by atoms with Gasteiger partial charge < -0.3 is 13.9 Å². The molecule has 1 aromatic heterocycles. The quantitative estimate of drug-likeness (QED) is 0.699. The van der Waals surface area contributed by atoms with Gasteiger partial charge in [-0.05, 0) is 24.3 Å². The second-order valence-electron chi connectivity index (χ2n) is 5.72. The van der Waals surface area contributed by atoms with E-state index >= 15 is 0 Å². The highest BCUT2D eigenvalue weighted by Gasteiger charge is 2.32. The molecule has 1 aliphatic heterocycles. The van der Waals surface area contributed by atoms with Crippen LogP contribution in [0.15, 0.2) is 58.2 Å². The van der Waals surface area contributed by atoms with Crippen molar-refractivity contribution in [3.05, 3.63) is 54.4 Å². The fourth-order valence-electron chi connectivity index (χ4n) is 2.60. The molecule has 0 amide bonds. The summed E-state index contributed by atoms with van der Waals surface area (Å²) in [6.07, 6.45) is -2.01. The SMILES string of the molecule is O=S(=O)(Nc1cc2c(cc1-c1ncco1)OCO2)c1cccc(C(F)(F)F)c1. The van der Waals surface area contributed by atoms with Gasteiger partial charge in [-0.2, -0.15) is 13.2 Å². The maximum Gasteiger partial charge on any atom is 0.416 e. The number of ether oxygens (including phenoxy) is 2. The fourth-order valence-corrected chi connectivity index (χ4v) is 3.72. The van der Waals surface area contributed by atoms with Gasteiger partial charge in [-0.3, -0.25) is 4.72 Å². The van der Waals surface area contributed by atoms with Crippen LogP contribution in [0.3, 0.4) is 0 Å².